The molecular formula is C35H32ClN9O6S. The minimum Gasteiger partial charge on any atom is -0.376 e. The molecule has 1 fully saturated rings. The Morgan fingerprint density at radius 3 is 2.56 bits per heavy atom. The summed E-state index contributed by atoms with van der Waals surface area (Å²) in [6.45, 7) is 9.53. The molecule has 1 saturated heterocycles. The summed E-state index contributed by atoms with van der Waals surface area (Å²) in [6, 6.07) is 9.87. The number of halogens is 1. The van der Waals surface area contributed by atoms with Gasteiger partial charge in [0.1, 0.15) is 22.9 Å². The van der Waals surface area contributed by atoms with Crippen molar-refractivity contribution in [2.24, 2.45) is 4.99 Å². The minimum atomic E-state index is -1.50. The second-order valence-electron chi connectivity index (χ2n) is 12.5. The number of amides is 5. The number of thiophene rings is 1. The van der Waals surface area contributed by atoms with E-state index in [1.54, 1.807) is 35.6 Å². The number of aliphatic hydroxyl groups is 1. The highest BCUT2D eigenvalue weighted by Gasteiger charge is 2.45. The number of carbonyl (C=O) groups is 5. The Labute approximate surface area is 305 Å². The van der Waals surface area contributed by atoms with Gasteiger partial charge in [-0.2, -0.15) is 0 Å². The van der Waals surface area contributed by atoms with E-state index in [2.05, 4.69) is 38.3 Å². The van der Waals surface area contributed by atoms with E-state index in [0.717, 1.165) is 31.5 Å². The number of fused-ring (bicyclic) bond motifs is 4. The number of nitrogens with zero attached hydrogens (tertiary/aromatic N) is 5. The number of aliphatic hydroxyl groups excluding tert-OH is 1. The predicted octanol–water partition coefficient (Wildman–Crippen LogP) is 2.87. The maximum Gasteiger partial charge on any atom is 0.267 e. The van der Waals surface area contributed by atoms with Crippen LogP contribution in [0.25, 0.3) is 5.00 Å². The van der Waals surface area contributed by atoms with E-state index >= 15 is 0 Å². The summed E-state index contributed by atoms with van der Waals surface area (Å²) < 4.78 is 1.87. The molecule has 0 radical (unpaired) electrons. The molecule has 15 nitrogen and oxygen atoms in total. The van der Waals surface area contributed by atoms with Crippen LogP contribution in [0.4, 0.5) is 5.69 Å². The first-order chi connectivity index (χ1) is 24.8. The van der Waals surface area contributed by atoms with Crippen LogP contribution in [0.2, 0.25) is 5.02 Å². The van der Waals surface area contributed by atoms with Crippen LogP contribution in [0.3, 0.4) is 0 Å². The minimum absolute atomic E-state index is 0.00560. The second kappa shape index (κ2) is 13.4. The number of benzene rings is 2. The molecule has 0 bridgehead atoms. The lowest BCUT2D eigenvalue weighted by Gasteiger charge is -2.32. The Kier molecular flexibility index (Phi) is 8.98. The molecule has 52 heavy (non-hydrogen) atoms. The number of nitrogens with one attached hydrogen (secondary N) is 4. The quantitative estimate of drug-likeness (QED) is 0.107. The summed E-state index contributed by atoms with van der Waals surface area (Å²) in [5.74, 6) is -2.09. The van der Waals surface area contributed by atoms with Crippen LogP contribution in [0.15, 0.2) is 59.6 Å². The number of aryl methyl sites for hydroxylation is 2. The third-order valence-corrected chi connectivity index (χ3v) is 10.7. The Morgan fingerprint density at radius 2 is 1.83 bits per heavy atom. The van der Waals surface area contributed by atoms with Gasteiger partial charge in [-0.3, -0.25) is 54.6 Å². The molecule has 266 valence electrons. The molecule has 3 atom stereocenters. The fourth-order valence-electron chi connectivity index (χ4n) is 6.55. The van der Waals surface area contributed by atoms with Gasteiger partial charge in [-0.1, -0.05) is 36.4 Å². The van der Waals surface area contributed by atoms with Crippen molar-refractivity contribution < 1.29 is 29.1 Å². The molecular weight excluding hydrogens is 710 g/mol. The van der Waals surface area contributed by atoms with Crippen molar-refractivity contribution in [2.45, 2.75) is 51.9 Å². The summed E-state index contributed by atoms with van der Waals surface area (Å²) in [6.07, 6.45) is -1.40. The SMILES string of the molecule is C=C(C(=O)NNC(=O)CNc1cccc2c1C(O)N(C1CCC(=O)NC1=O)C2=O)[C@@H]1N=C(c2ccc(Cl)cc2)c2c(sc(C)c2C)-n2c(C)nnc21. The topological polar surface area (TPSA) is 200 Å². The van der Waals surface area contributed by atoms with E-state index in [0.29, 0.717) is 22.4 Å². The van der Waals surface area contributed by atoms with E-state index in [1.807, 2.05) is 37.5 Å². The van der Waals surface area contributed by atoms with Gasteiger partial charge < -0.3 is 10.4 Å². The number of hydrogen-bond acceptors (Lipinski definition) is 11. The number of imide groups is 1. The van der Waals surface area contributed by atoms with Gasteiger partial charge in [0.25, 0.3) is 17.7 Å². The zero-order chi connectivity index (χ0) is 37.0. The Morgan fingerprint density at radius 1 is 1.08 bits per heavy atom. The summed E-state index contributed by atoms with van der Waals surface area (Å²) in [5, 5.41) is 26.3. The highest BCUT2D eigenvalue weighted by atomic mass is 35.5. The van der Waals surface area contributed by atoms with Crippen LogP contribution < -0.4 is 21.5 Å². The van der Waals surface area contributed by atoms with Crippen molar-refractivity contribution >= 4 is 63.9 Å². The van der Waals surface area contributed by atoms with Crippen molar-refractivity contribution in [3.63, 3.8) is 0 Å². The molecule has 0 saturated carbocycles. The summed E-state index contributed by atoms with van der Waals surface area (Å²) in [7, 11) is 0. The van der Waals surface area contributed by atoms with E-state index in [1.165, 1.54) is 6.07 Å². The lowest BCUT2D eigenvalue weighted by Crippen LogP contribution is -2.53. The maximum atomic E-state index is 13.5. The van der Waals surface area contributed by atoms with Gasteiger partial charge in [0.15, 0.2) is 12.1 Å². The molecule has 3 aliphatic rings. The van der Waals surface area contributed by atoms with Crippen LogP contribution in [-0.4, -0.2) is 72.6 Å². The van der Waals surface area contributed by atoms with E-state index < -0.39 is 47.8 Å². The summed E-state index contributed by atoms with van der Waals surface area (Å²) >= 11 is 7.76. The van der Waals surface area contributed by atoms with Gasteiger partial charge in [-0.05, 0) is 57.0 Å². The third kappa shape index (κ3) is 5.93. The van der Waals surface area contributed by atoms with Gasteiger partial charge in [-0.15, -0.1) is 21.5 Å². The van der Waals surface area contributed by atoms with Crippen molar-refractivity contribution in [1.29, 1.82) is 0 Å². The number of rotatable bonds is 7. The average molecular weight is 742 g/mol. The number of hydrogen-bond donors (Lipinski definition) is 5. The number of aliphatic imine (C=N–C) groups is 1. The average Bonchev–Trinajstić information content (AvgIpc) is 3.69. The molecule has 4 aromatic rings. The Bertz CT molecular complexity index is 2240. The van der Waals surface area contributed by atoms with Crippen molar-refractivity contribution in [3.8, 4) is 5.00 Å². The van der Waals surface area contributed by atoms with Gasteiger partial charge >= 0.3 is 0 Å². The van der Waals surface area contributed by atoms with E-state index in [4.69, 9.17) is 16.6 Å². The van der Waals surface area contributed by atoms with Crippen LogP contribution >= 0.6 is 22.9 Å². The largest absolute Gasteiger partial charge is 0.376 e. The monoisotopic (exact) mass is 741 g/mol. The van der Waals surface area contributed by atoms with Gasteiger partial charge in [0, 0.05) is 49.8 Å². The van der Waals surface area contributed by atoms with E-state index in [9.17, 15) is 29.1 Å². The van der Waals surface area contributed by atoms with Crippen molar-refractivity contribution in [1.82, 2.24) is 35.8 Å². The van der Waals surface area contributed by atoms with Crippen LogP contribution in [-0.2, 0) is 19.2 Å². The maximum absolute atomic E-state index is 13.5. The molecule has 0 spiro atoms. The first kappa shape index (κ1) is 34.7. The third-order valence-electron chi connectivity index (χ3n) is 9.29. The number of piperidine rings is 1. The molecule has 5 heterocycles. The van der Waals surface area contributed by atoms with Crippen LogP contribution in [0.1, 0.15) is 74.2 Å². The molecule has 2 aromatic heterocycles. The number of anilines is 1. The van der Waals surface area contributed by atoms with E-state index in [-0.39, 0.29) is 41.8 Å². The Balaban J connectivity index is 1.07. The van der Waals surface area contributed by atoms with Crippen LogP contribution in [0.5, 0.6) is 0 Å². The smallest absolute Gasteiger partial charge is 0.267 e. The van der Waals surface area contributed by atoms with Gasteiger partial charge in [0.05, 0.1) is 12.3 Å². The molecule has 0 aliphatic carbocycles. The lowest BCUT2D eigenvalue weighted by atomic mass is 9.99. The standard InChI is InChI=1S/C35H32ClN9O6S/c1-15-17(3)52-35-26(15)29(19-8-10-20(36)11-9-19)39-28(30-42-40-18(4)44(30)35)16(2)31(48)43-41-25(47)14-37-22-7-5-6-21-27(22)34(51)45(33(21)50)23-12-13-24(46)38-32(23)49/h5-11,23,28,34,37,51H,2,12-14H2,1,3-4H3,(H,41,47)(H,43,48)(H,38,46,49)/t23?,28-,34?/m0/s1. The van der Waals surface area contributed by atoms with Crippen molar-refractivity contribution in [3.05, 3.63) is 104 Å². The van der Waals surface area contributed by atoms with Gasteiger partial charge in [0.2, 0.25) is 11.8 Å². The normalized spacial score (nSPS) is 19.2. The zero-order valence-corrected chi connectivity index (χ0v) is 29.7. The van der Waals surface area contributed by atoms with Gasteiger partial charge in [-0.25, -0.2) is 0 Å². The summed E-state index contributed by atoms with van der Waals surface area (Å²) in [5.41, 5.74) is 8.66. The number of carbonyl (C=O) groups excluding carboxylic acids is 5. The van der Waals surface area contributed by atoms with Crippen molar-refractivity contribution in [2.75, 3.05) is 11.9 Å². The molecule has 7 rings (SSSR count). The first-order valence-corrected chi connectivity index (χ1v) is 17.4. The number of hydrazine groups is 1. The fraction of sp³-hybridized carbons (Fsp3) is 0.257. The predicted molar refractivity (Wildman–Crippen MR) is 191 cm³/mol. The summed E-state index contributed by atoms with van der Waals surface area (Å²) in [4.78, 5) is 70.9. The Hall–Kier alpha value is -5.71. The molecule has 3 aliphatic heterocycles. The molecule has 2 unspecified atom stereocenters. The highest BCUT2D eigenvalue weighted by molar-refractivity contribution is 7.15. The van der Waals surface area contributed by atoms with Crippen LogP contribution in [0, 0.1) is 20.8 Å². The highest BCUT2D eigenvalue weighted by Crippen LogP contribution is 2.41. The second-order valence-corrected chi connectivity index (χ2v) is 14.1. The molecule has 5 amide bonds. The zero-order valence-electron chi connectivity index (χ0n) is 28.1. The molecule has 17 heteroatoms. The number of aromatic nitrogens is 3. The molecule has 2 aromatic carbocycles. The molecule has 5 N–H and O–H groups in total. The lowest BCUT2D eigenvalue weighted by molar-refractivity contribution is -0.139. The fourth-order valence-corrected chi connectivity index (χ4v) is 7.89. The first-order valence-electron chi connectivity index (χ1n) is 16.2.